The van der Waals surface area contributed by atoms with Crippen LogP contribution in [0.1, 0.15) is 29.2 Å². The summed E-state index contributed by atoms with van der Waals surface area (Å²) in [7, 11) is 0. The fraction of sp³-hybridized carbons (Fsp3) is 0.240. The lowest BCUT2D eigenvalue weighted by Crippen LogP contribution is -2.24. The van der Waals surface area contributed by atoms with Crippen LogP contribution in [0.25, 0.3) is 16.6 Å². The van der Waals surface area contributed by atoms with E-state index in [0.717, 1.165) is 29.9 Å². The summed E-state index contributed by atoms with van der Waals surface area (Å²) in [4.78, 5) is 18.9. The largest absolute Gasteiger partial charge is 0.489 e. The fourth-order valence-electron chi connectivity index (χ4n) is 4.87. The second-order valence-electron chi connectivity index (χ2n) is 8.31. The minimum atomic E-state index is -0.0959. The van der Waals surface area contributed by atoms with Crippen molar-refractivity contribution < 1.29 is 4.74 Å². The number of benzene rings is 2. The average Bonchev–Trinajstić information content (AvgIpc) is 3.35. The molecule has 2 unspecified atom stereocenters. The predicted octanol–water partition coefficient (Wildman–Crippen LogP) is 4.20. The van der Waals surface area contributed by atoms with E-state index in [1.54, 1.807) is 16.8 Å². The summed E-state index contributed by atoms with van der Waals surface area (Å²) in [6.45, 7) is 3.83. The van der Waals surface area contributed by atoms with E-state index < -0.39 is 0 Å². The number of ether oxygens (including phenoxy) is 1. The molecule has 2 aromatic carbocycles. The minimum absolute atomic E-state index is 0.0959. The van der Waals surface area contributed by atoms with E-state index in [1.807, 2.05) is 42.5 Å². The molecule has 1 fully saturated rings. The zero-order chi connectivity index (χ0) is 20.1. The van der Waals surface area contributed by atoms with Gasteiger partial charge in [0.1, 0.15) is 12.4 Å². The first-order valence-electron chi connectivity index (χ1n) is 10.5. The summed E-state index contributed by atoms with van der Waals surface area (Å²) in [5.74, 6) is 1.20. The number of nitrogens with one attached hydrogen (secondary N) is 1. The van der Waals surface area contributed by atoms with Gasteiger partial charge in [-0.3, -0.25) is 14.3 Å². The van der Waals surface area contributed by atoms with Crippen LogP contribution >= 0.6 is 0 Å². The van der Waals surface area contributed by atoms with Gasteiger partial charge in [-0.15, -0.1) is 0 Å². The van der Waals surface area contributed by atoms with Crippen LogP contribution in [0.2, 0.25) is 0 Å². The van der Waals surface area contributed by atoms with E-state index in [0.29, 0.717) is 18.3 Å². The highest BCUT2D eigenvalue weighted by molar-refractivity contribution is 5.87. The summed E-state index contributed by atoms with van der Waals surface area (Å²) < 4.78 is 7.46. The highest BCUT2D eigenvalue weighted by Crippen LogP contribution is 2.39. The van der Waals surface area contributed by atoms with Gasteiger partial charge in [0.05, 0.1) is 5.69 Å². The van der Waals surface area contributed by atoms with E-state index in [4.69, 9.17) is 4.74 Å². The molecule has 2 atom stereocenters. The molecule has 2 bridgehead atoms. The second kappa shape index (κ2) is 6.89. The standard InChI is InChI=1S/C25H23N3O2/c29-24-13-20(30-16-17-4-2-1-3-5-17)9-11-28(24)19-6-7-21-22-15-27-10-8-18(14-27)25(22)26-23(21)12-19/h1-7,9,11-13,18,26H,8,10,14-16H2. The van der Waals surface area contributed by atoms with Crippen molar-refractivity contribution in [3.05, 3.63) is 94.0 Å². The summed E-state index contributed by atoms with van der Waals surface area (Å²) in [5.41, 5.74) is 5.79. The molecule has 6 rings (SSSR count). The third-order valence-electron chi connectivity index (χ3n) is 6.40. The fourth-order valence-corrected chi connectivity index (χ4v) is 4.87. The van der Waals surface area contributed by atoms with Gasteiger partial charge in [-0.05, 0) is 42.3 Å². The Bertz CT molecular complexity index is 1290. The van der Waals surface area contributed by atoms with Crippen molar-refractivity contribution in [1.29, 1.82) is 0 Å². The van der Waals surface area contributed by atoms with Crippen molar-refractivity contribution in [2.45, 2.75) is 25.5 Å². The van der Waals surface area contributed by atoms with Gasteiger partial charge < -0.3 is 9.72 Å². The van der Waals surface area contributed by atoms with Crippen LogP contribution in [0.3, 0.4) is 0 Å². The predicted molar refractivity (Wildman–Crippen MR) is 117 cm³/mol. The summed E-state index contributed by atoms with van der Waals surface area (Å²) in [6.07, 6.45) is 3.02. The van der Waals surface area contributed by atoms with Gasteiger partial charge >= 0.3 is 0 Å². The maximum Gasteiger partial charge on any atom is 0.258 e. The van der Waals surface area contributed by atoms with Gasteiger partial charge in [-0.2, -0.15) is 0 Å². The zero-order valence-corrected chi connectivity index (χ0v) is 16.7. The van der Waals surface area contributed by atoms with Crippen molar-refractivity contribution in [3.63, 3.8) is 0 Å². The first-order valence-corrected chi connectivity index (χ1v) is 10.5. The number of fused-ring (bicyclic) bond motifs is 6. The average molecular weight is 397 g/mol. The van der Waals surface area contributed by atoms with E-state index in [2.05, 4.69) is 22.0 Å². The van der Waals surface area contributed by atoms with Crippen molar-refractivity contribution in [2.24, 2.45) is 0 Å². The van der Waals surface area contributed by atoms with Crippen LogP contribution in [0.15, 0.2) is 71.7 Å². The molecular formula is C25H23N3O2. The molecule has 4 aromatic rings. The normalized spacial score (nSPS) is 19.7. The number of aromatic nitrogens is 2. The Labute approximate surface area is 174 Å². The zero-order valence-electron chi connectivity index (χ0n) is 16.7. The molecule has 2 aliphatic heterocycles. The first-order chi connectivity index (χ1) is 14.7. The lowest BCUT2D eigenvalue weighted by Gasteiger charge is -2.22. The number of pyridine rings is 1. The molecule has 0 amide bonds. The second-order valence-corrected chi connectivity index (χ2v) is 8.31. The van der Waals surface area contributed by atoms with Crippen LogP contribution < -0.4 is 10.3 Å². The monoisotopic (exact) mass is 397 g/mol. The molecule has 2 aliphatic rings. The van der Waals surface area contributed by atoms with Crippen molar-refractivity contribution in [2.75, 3.05) is 13.1 Å². The molecule has 1 saturated heterocycles. The van der Waals surface area contributed by atoms with Gasteiger partial charge in [0.15, 0.2) is 0 Å². The topological polar surface area (TPSA) is 50.3 Å². The van der Waals surface area contributed by atoms with E-state index >= 15 is 0 Å². The smallest absolute Gasteiger partial charge is 0.258 e. The molecule has 0 saturated carbocycles. The maximum atomic E-state index is 12.8. The molecule has 2 aromatic heterocycles. The number of H-pyrrole nitrogens is 1. The van der Waals surface area contributed by atoms with Gasteiger partial charge in [0, 0.05) is 47.9 Å². The molecule has 150 valence electrons. The molecule has 0 spiro atoms. The molecule has 0 radical (unpaired) electrons. The first kappa shape index (κ1) is 17.5. The van der Waals surface area contributed by atoms with Crippen LogP contribution in [0.4, 0.5) is 0 Å². The van der Waals surface area contributed by atoms with E-state index in [9.17, 15) is 4.79 Å². The van der Waals surface area contributed by atoms with E-state index in [1.165, 1.54) is 29.6 Å². The molecule has 0 aliphatic carbocycles. The van der Waals surface area contributed by atoms with Crippen molar-refractivity contribution >= 4 is 10.9 Å². The molecule has 1 N–H and O–H groups in total. The SMILES string of the molecule is O=c1cc(OCc2ccccc2)ccn1-c1ccc2c3c([nH]c2c1)C1CCN(C3)C1. The Morgan fingerprint density at radius 2 is 1.97 bits per heavy atom. The molecule has 5 nitrogen and oxygen atoms in total. The van der Waals surface area contributed by atoms with Crippen LogP contribution in [-0.2, 0) is 13.2 Å². The maximum absolute atomic E-state index is 12.8. The number of hydrogen-bond donors (Lipinski definition) is 1. The lowest BCUT2D eigenvalue weighted by atomic mass is 9.97. The quantitative estimate of drug-likeness (QED) is 0.562. The summed E-state index contributed by atoms with van der Waals surface area (Å²) in [5, 5.41) is 1.28. The van der Waals surface area contributed by atoms with Crippen molar-refractivity contribution in [1.82, 2.24) is 14.5 Å². The Kier molecular flexibility index (Phi) is 4.03. The third-order valence-corrected chi connectivity index (χ3v) is 6.40. The molecule has 4 heterocycles. The van der Waals surface area contributed by atoms with Gasteiger partial charge in [-0.25, -0.2) is 0 Å². The van der Waals surface area contributed by atoms with Crippen molar-refractivity contribution in [3.8, 4) is 11.4 Å². The lowest BCUT2D eigenvalue weighted by molar-refractivity contribution is 0.305. The van der Waals surface area contributed by atoms with Crippen LogP contribution in [0.5, 0.6) is 5.75 Å². The summed E-state index contributed by atoms with van der Waals surface area (Å²) in [6, 6.07) is 19.6. The number of rotatable bonds is 4. The molecule has 30 heavy (non-hydrogen) atoms. The third kappa shape index (κ3) is 2.94. The van der Waals surface area contributed by atoms with Crippen LogP contribution in [-0.4, -0.2) is 27.5 Å². The van der Waals surface area contributed by atoms with Gasteiger partial charge in [-0.1, -0.05) is 36.4 Å². The summed E-state index contributed by atoms with van der Waals surface area (Å²) >= 11 is 0. The highest BCUT2D eigenvalue weighted by Gasteiger charge is 2.33. The number of nitrogens with zero attached hydrogens (tertiary/aromatic N) is 2. The Morgan fingerprint density at radius 3 is 2.83 bits per heavy atom. The Balaban J connectivity index is 1.29. The Hall–Kier alpha value is -3.31. The minimum Gasteiger partial charge on any atom is -0.489 e. The van der Waals surface area contributed by atoms with Gasteiger partial charge in [0.25, 0.3) is 5.56 Å². The number of hydrogen-bond acceptors (Lipinski definition) is 3. The number of aromatic amines is 1. The highest BCUT2D eigenvalue weighted by atomic mass is 16.5. The molecule has 5 heteroatoms. The van der Waals surface area contributed by atoms with Gasteiger partial charge in [0.2, 0.25) is 0 Å². The van der Waals surface area contributed by atoms with Crippen LogP contribution in [0, 0.1) is 0 Å². The Morgan fingerprint density at radius 1 is 1.07 bits per heavy atom. The molecular weight excluding hydrogens is 374 g/mol. The van der Waals surface area contributed by atoms with E-state index in [-0.39, 0.29) is 5.56 Å².